The van der Waals surface area contributed by atoms with Crippen LogP contribution in [0.2, 0.25) is 0 Å². The van der Waals surface area contributed by atoms with Crippen molar-refractivity contribution in [2.75, 3.05) is 29.2 Å². The Morgan fingerprint density at radius 1 is 1.00 bits per heavy atom. The van der Waals surface area contributed by atoms with Crippen LogP contribution in [-0.4, -0.2) is 31.6 Å². The van der Waals surface area contributed by atoms with Crippen LogP contribution in [0.15, 0.2) is 66.7 Å². The first-order valence-corrected chi connectivity index (χ1v) is 12.6. The molecule has 0 bridgehead atoms. The molecular formula is C30H35N3O3. The Balaban J connectivity index is 1.67. The normalized spacial score (nSPS) is 16.7. The molecule has 2 atom stereocenters. The monoisotopic (exact) mass is 485 g/mol. The van der Waals surface area contributed by atoms with E-state index in [2.05, 4.69) is 66.9 Å². The van der Waals surface area contributed by atoms with E-state index in [1.165, 1.54) is 7.11 Å². The van der Waals surface area contributed by atoms with Gasteiger partial charge in [-0.25, -0.2) is 4.79 Å². The lowest BCUT2D eigenvalue weighted by Crippen LogP contribution is -2.43. The summed E-state index contributed by atoms with van der Waals surface area (Å²) in [6.45, 7) is 6.85. The fourth-order valence-electron chi connectivity index (χ4n) is 4.90. The molecule has 1 amide bonds. The van der Waals surface area contributed by atoms with Gasteiger partial charge in [0.15, 0.2) is 0 Å². The number of nitrogens with zero attached hydrogens (tertiary/aromatic N) is 1. The number of carbonyl (C=O) groups excluding carboxylic acids is 2. The van der Waals surface area contributed by atoms with Crippen LogP contribution in [0, 0.1) is 0 Å². The van der Waals surface area contributed by atoms with Crippen molar-refractivity contribution in [3.8, 4) is 11.1 Å². The van der Waals surface area contributed by atoms with Gasteiger partial charge in [-0.3, -0.25) is 4.79 Å². The number of carbonyl (C=O) groups is 2. The van der Waals surface area contributed by atoms with Crippen LogP contribution < -0.4 is 15.5 Å². The van der Waals surface area contributed by atoms with Gasteiger partial charge >= 0.3 is 5.97 Å². The SMILES string of the molecule is CCCCNc1cccc(-c2ccc3c(c2)[C@H](Nc2ccc(C(=O)OC)cc2)C[C@H](C)N3C(C)=O)c1. The van der Waals surface area contributed by atoms with E-state index in [0.29, 0.717) is 5.56 Å². The first-order valence-electron chi connectivity index (χ1n) is 12.6. The minimum absolute atomic E-state index is 0.0142. The molecule has 188 valence electrons. The van der Waals surface area contributed by atoms with Crippen molar-refractivity contribution >= 4 is 28.9 Å². The second-order valence-electron chi connectivity index (χ2n) is 9.37. The third-order valence-electron chi connectivity index (χ3n) is 6.72. The lowest BCUT2D eigenvalue weighted by atomic mass is 9.88. The Labute approximate surface area is 213 Å². The van der Waals surface area contributed by atoms with Crippen molar-refractivity contribution in [2.45, 2.75) is 52.1 Å². The minimum atomic E-state index is -0.355. The number of nitrogens with one attached hydrogen (secondary N) is 2. The van der Waals surface area contributed by atoms with Crippen molar-refractivity contribution < 1.29 is 14.3 Å². The van der Waals surface area contributed by atoms with Crippen molar-refractivity contribution in [1.29, 1.82) is 0 Å². The molecule has 36 heavy (non-hydrogen) atoms. The molecule has 1 aliphatic heterocycles. The third kappa shape index (κ3) is 5.54. The molecule has 0 saturated carbocycles. The second kappa shape index (κ2) is 11.3. The summed E-state index contributed by atoms with van der Waals surface area (Å²) in [5, 5.41) is 7.14. The summed E-state index contributed by atoms with van der Waals surface area (Å²) >= 11 is 0. The first kappa shape index (κ1) is 25.3. The summed E-state index contributed by atoms with van der Waals surface area (Å²) in [6.07, 6.45) is 3.06. The van der Waals surface area contributed by atoms with E-state index in [-0.39, 0.29) is 24.0 Å². The molecule has 0 fully saturated rings. The van der Waals surface area contributed by atoms with Gasteiger partial charge < -0.3 is 20.3 Å². The Kier molecular flexibility index (Phi) is 7.93. The van der Waals surface area contributed by atoms with Crippen molar-refractivity contribution in [3.05, 3.63) is 77.9 Å². The Bertz CT molecular complexity index is 1220. The first-order chi connectivity index (χ1) is 17.4. The maximum atomic E-state index is 12.5. The summed E-state index contributed by atoms with van der Waals surface area (Å²) in [5.41, 5.74) is 6.80. The number of benzene rings is 3. The van der Waals surface area contributed by atoms with Crippen LogP contribution in [0.3, 0.4) is 0 Å². The molecule has 6 nitrogen and oxygen atoms in total. The minimum Gasteiger partial charge on any atom is -0.465 e. The van der Waals surface area contributed by atoms with Crippen molar-refractivity contribution in [1.82, 2.24) is 0 Å². The zero-order valence-electron chi connectivity index (χ0n) is 21.5. The smallest absolute Gasteiger partial charge is 0.337 e. The van der Waals surface area contributed by atoms with Gasteiger partial charge in [0.1, 0.15) is 0 Å². The topological polar surface area (TPSA) is 70.7 Å². The number of esters is 1. The molecule has 0 saturated heterocycles. The average molecular weight is 486 g/mol. The lowest BCUT2D eigenvalue weighted by Gasteiger charge is -2.39. The number of rotatable bonds is 8. The van der Waals surface area contributed by atoms with E-state index in [1.54, 1.807) is 19.1 Å². The zero-order chi connectivity index (χ0) is 25.7. The van der Waals surface area contributed by atoms with Crippen LogP contribution in [0.25, 0.3) is 11.1 Å². The van der Waals surface area contributed by atoms with Gasteiger partial charge in [0, 0.05) is 36.6 Å². The van der Waals surface area contributed by atoms with Gasteiger partial charge in [-0.2, -0.15) is 0 Å². The predicted molar refractivity (Wildman–Crippen MR) is 147 cm³/mol. The van der Waals surface area contributed by atoms with E-state index in [9.17, 15) is 9.59 Å². The van der Waals surface area contributed by atoms with Gasteiger partial charge in [0.2, 0.25) is 5.91 Å². The van der Waals surface area contributed by atoms with Gasteiger partial charge in [-0.1, -0.05) is 31.5 Å². The number of hydrogen-bond acceptors (Lipinski definition) is 5. The van der Waals surface area contributed by atoms with Gasteiger partial charge in [-0.15, -0.1) is 0 Å². The standard InChI is InChI=1S/C30H35N3O3/c1-5-6-16-31-26-9-7-8-23(18-26)24-12-15-29-27(19-24)28(17-20(2)33(29)21(3)34)32-25-13-10-22(11-14-25)30(35)36-4/h7-15,18-20,28,31-32H,5-6,16-17H2,1-4H3/t20-,28+/m0/s1. The predicted octanol–water partition coefficient (Wildman–Crippen LogP) is 6.65. The number of anilines is 3. The number of fused-ring (bicyclic) bond motifs is 1. The molecule has 0 spiro atoms. The van der Waals surface area contributed by atoms with E-state index in [4.69, 9.17) is 4.74 Å². The molecular weight excluding hydrogens is 450 g/mol. The Morgan fingerprint density at radius 3 is 2.44 bits per heavy atom. The number of unbranched alkanes of at least 4 members (excludes halogenated alkanes) is 1. The summed E-state index contributed by atoms with van der Waals surface area (Å²) in [6, 6.07) is 22.2. The number of amides is 1. The molecule has 1 heterocycles. The van der Waals surface area contributed by atoms with Crippen LogP contribution in [-0.2, 0) is 9.53 Å². The molecule has 4 rings (SSSR count). The number of methoxy groups -OCH3 is 1. The second-order valence-corrected chi connectivity index (χ2v) is 9.37. The fraction of sp³-hybridized carbons (Fsp3) is 0.333. The van der Waals surface area contributed by atoms with Gasteiger partial charge in [0.25, 0.3) is 0 Å². The maximum Gasteiger partial charge on any atom is 0.337 e. The summed E-state index contributed by atoms with van der Waals surface area (Å²) in [7, 11) is 1.38. The van der Waals surface area contributed by atoms with E-state index in [0.717, 1.165) is 59.6 Å². The molecule has 0 aliphatic carbocycles. The average Bonchev–Trinajstić information content (AvgIpc) is 2.88. The van der Waals surface area contributed by atoms with Crippen LogP contribution in [0.4, 0.5) is 17.1 Å². The molecule has 6 heteroatoms. The highest BCUT2D eigenvalue weighted by molar-refractivity contribution is 5.94. The highest BCUT2D eigenvalue weighted by atomic mass is 16.5. The van der Waals surface area contributed by atoms with E-state index in [1.807, 2.05) is 17.0 Å². The van der Waals surface area contributed by atoms with Crippen LogP contribution in [0.5, 0.6) is 0 Å². The largest absolute Gasteiger partial charge is 0.465 e. The maximum absolute atomic E-state index is 12.5. The number of ether oxygens (including phenoxy) is 1. The summed E-state index contributed by atoms with van der Waals surface area (Å²) in [5.74, 6) is -0.314. The van der Waals surface area contributed by atoms with Gasteiger partial charge in [0.05, 0.1) is 18.7 Å². The van der Waals surface area contributed by atoms with Crippen LogP contribution >= 0.6 is 0 Å². The Hall–Kier alpha value is -3.80. The highest BCUT2D eigenvalue weighted by Crippen LogP contribution is 2.41. The molecule has 0 unspecified atom stereocenters. The molecule has 3 aromatic carbocycles. The third-order valence-corrected chi connectivity index (χ3v) is 6.72. The quantitative estimate of drug-likeness (QED) is 0.276. The Morgan fingerprint density at radius 2 is 1.75 bits per heavy atom. The summed E-state index contributed by atoms with van der Waals surface area (Å²) < 4.78 is 4.81. The zero-order valence-corrected chi connectivity index (χ0v) is 21.5. The number of hydrogen-bond donors (Lipinski definition) is 2. The van der Waals surface area contributed by atoms with Gasteiger partial charge in [-0.05, 0) is 85.0 Å². The molecule has 3 aromatic rings. The molecule has 2 N–H and O–H groups in total. The highest BCUT2D eigenvalue weighted by Gasteiger charge is 2.32. The van der Waals surface area contributed by atoms with Crippen molar-refractivity contribution in [2.24, 2.45) is 0 Å². The molecule has 0 radical (unpaired) electrons. The molecule has 0 aromatic heterocycles. The van der Waals surface area contributed by atoms with E-state index < -0.39 is 0 Å². The van der Waals surface area contributed by atoms with E-state index >= 15 is 0 Å². The van der Waals surface area contributed by atoms with Crippen LogP contribution in [0.1, 0.15) is 62.0 Å². The van der Waals surface area contributed by atoms with Crippen molar-refractivity contribution in [3.63, 3.8) is 0 Å². The lowest BCUT2D eigenvalue weighted by molar-refractivity contribution is -0.117. The fourth-order valence-corrected chi connectivity index (χ4v) is 4.90. The summed E-state index contributed by atoms with van der Waals surface area (Å²) in [4.78, 5) is 26.2. The molecule has 1 aliphatic rings.